The number of carbonyl (C=O) groups is 1. The molecule has 5 nitrogen and oxygen atoms in total. The standard InChI is InChI=1S/C8H14O4S.C2H6.H2O.2V/c1-13-4-2-3-10-5-7-6-11-8(9)12-7;1-2;;;/h7H,2-6H2,1H3;1-2H3;1H2;;. The molecule has 1 unspecified atom stereocenters. The Hall–Kier alpha value is 0.709. The van der Waals surface area contributed by atoms with Crippen LogP contribution in [0.2, 0.25) is 0 Å². The van der Waals surface area contributed by atoms with Crippen LogP contribution in [0.1, 0.15) is 20.3 Å². The molecule has 1 aliphatic heterocycles. The molecular formula is C10H22O5SV2. The molecule has 18 heavy (non-hydrogen) atoms. The SMILES string of the molecule is CC.CSCCCOCC1COC(=O)O1.O.[V].[V]. The van der Waals surface area contributed by atoms with Crippen LogP contribution >= 0.6 is 11.8 Å². The van der Waals surface area contributed by atoms with Gasteiger partial charge in [0.15, 0.2) is 6.10 Å². The summed E-state index contributed by atoms with van der Waals surface area (Å²) < 4.78 is 14.7. The van der Waals surface area contributed by atoms with E-state index in [1.807, 2.05) is 13.8 Å². The van der Waals surface area contributed by atoms with Gasteiger partial charge in [-0.15, -0.1) is 0 Å². The predicted octanol–water partition coefficient (Wildman–Crippen LogP) is 1.49. The van der Waals surface area contributed by atoms with Crippen molar-refractivity contribution in [2.24, 2.45) is 0 Å². The Labute approximate surface area is 137 Å². The zero-order chi connectivity index (χ0) is 11.5. The Balaban J connectivity index is -0.000000186. The third kappa shape index (κ3) is 14.8. The second-order valence-corrected chi connectivity index (χ2v) is 3.71. The number of hydrogen-bond acceptors (Lipinski definition) is 5. The zero-order valence-electron chi connectivity index (χ0n) is 11.0. The van der Waals surface area contributed by atoms with Crippen molar-refractivity contribution in [3.05, 3.63) is 0 Å². The van der Waals surface area contributed by atoms with Gasteiger partial charge in [-0.3, -0.25) is 0 Å². The Morgan fingerprint density at radius 1 is 1.39 bits per heavy atom. The van der Waals surface area contributed by atoms with Crippen LogP contribution in [-0.2, 0) is 51.3 Å². The van der Waals surface area contributed by atoms with Crippen LogP contribution in [0.4, 0.5) is 4.79 Å². The minimum absolute atomic E-state index is 0. The van der Waals surface area contributed by atoms with E-state index in [-0.39, 0.29) is 48.7 Å². The minimum Gasteiger partial charge on any atom is -0.430 e. The number of hydrogen-bond donors (Lipinski definition) is 0. The minimum atomic E-state index is -0.585. The van der Waals surface area contributed by atoms with Crippen LogP contribution in [0, 0.1) is 0 Å². The van der Waals surface area contributed by atoms with E-state index in [0.717, 1.165) is 18.8 Å². The van der Waals surface area contributed by atoms with E-state index in [9.17, 15) is 4.79 Å². The van der Waals surface area contributed by atoms with Gasteiger partial charge in [-0.05, 0) is 18.4 Å². The fourth-order valence-electron chi connectivity index (χ4n) is 0.967. The average Bonchev–Trinajstić information content (AvgIpc) is 2.67. The molecule has 0 aliphatic carbocycles. The monoisotopic (exact) mass is 356 g/mol. The molecule has 0 aromatic rings. The predicted molar refractivity (Wildman–Crippen MR) is 65.0 cm³/mol. The van der Waals surface area contributed by atoms with Gasteiger partial charge < -0.3 is 19.7 Å². The van der Waals surface area contributed by atoms with Gasteiger partial charge in [-0.25, -0.2) is 4.79 Å². The Kier molecular flexibility index (Phi) is 30.2. The van der Waals surface area contributed by atoms with Crippen LogP contribution in [0.25, 0.3) is 0 Å². The van der Waals surface area contributed by atoms with Gasteiger partial charge in [0, 0.05) is 43.7 Å². The van der Waals surface area contributed by atoms with Crippen molar-refractivity contribution >= 4 is 17.9 Å². The first-order chi connectivity index (χ1) is 7.33. The first-order valence-electron chi connectivity index (χ1n) is 5.23. The van der Waals surface area contributed by atoms with Crippen LogP contribution in [0.5, 0.6) is 0 Å². The molecule has 0 bridgehead atoms. The average molecular weight is 356 g/mol. The molecule has 2 N–H and O–H groups in total. The summed E-state index contributed by atoms with van der Waals surface area (Å²) in [6.07, 6.45) is 2.30. The molecule has 0 saturated carbocycles. The fraction of sp³-hybridized carbons (Fsp3) is 0.900. The number of rotatable bonds is 6. The second-order valence-electron chi connectivity index (χ2n) is 2.72. The quantitative estimate of drug-likeness (QED) is 0.532. The van der Waals surface area contributed by atoms with Crippen molar-refractivity contribution in [2.75, 3.05) is 31.8 Å². The summed E-state index contributed by atoms with van der Waals surface area (Å²) in [4.78, 5) is 10.5. The number of carbonyl (C=O) groups excluding carboxylic acids is 1. The topological polar surface area (TPSA) is 76.3 Å². The van der Waals surface area contributed by atoms with Crippen molar-refractivity contribution in [1.82, 2.24) is 0 Å². The molecule has 1 saturated heterocycles. The molecule has 108 valence electrons. The van der Waals surface area contributed by atoms with Gasteiger partial charge >= 0.3 is 6.16 Å². The maximum Gasteiger partial charge on any atom is 0.508 e. The van der Waals surface area contributed by atoms with Crippen molar-refractivity contribution < 1.29 is 61.6 Å². The fourth-order valence-corrected chi connectivity index (χ4v) is 1.37. The number of cyclic esters (lactones) is 2. The molecule has 0 aromatic heterocycles. The summed E-state index contributed by atoms with van der Waals surface area (Å²) in [6.45, 7) is 5.48. The van der Waals surface area contributed by atoms with Crippen molar-refractivity contribution in [3.63, 3.8) is 0 Å². The normalized spacial score (nSPS) is 15.7. The first kappa shape index (κ1) is 27.1. The second kappa shape index (κ2) is 20.0. The summed E-state index contributed by atoms with van der Waals surface area (Å²) in [6, 6.07) is 0. The van der Waals surface area contributed by atoms with Gasteiger partial charge in [0.1, 0.15) is 6.61 Å². The Morgan fingerprint density at radius 2 is 2.00 bits per heavy atom. The maximum absolute atomic E-state index is 10.5. The molecular weight excluding hydrogens is 334 g/mol. The van der Waals surface area contributed by atoms with E-state index in [2.05, 4.69) is 11.0 Å². The summed E-state index contributed by atoms with van der Waals surface area (Å²) in [7, 11) is 0. The zero-order valence-corrected chi connectivity index (χ0v) is 14.7. The molecule has 0 spiro atoms. The molecule has 0 aromatic carbocycles. The molecule has 1 rings (SSSR count). The van der Waals surface area contributed by atoms with Gasteiger partial charge in [0.25, 0.3) is 0 Å². The first-order valence-corrected chi connectivity index (χ1v) is 6.62. The maximum atomic E-state index is 10.5. The van der Waals surface area contributed by atoms with Crippen LogP contribution in [-0.4, -0.2) is 49.6 Å². The summed E-state index contributed by atoms with van der Waals surface area (Å²) in [5.41, 5.74) is 0. The Bertz CT molecular complexity index is 174. The largest absolute Gasteiger partial charge is 0.508 e. The summed E-state index contributed by atoms with van der Waals surface area (Å²) >= 11 is 1.79. The van der Waals surface area contributed by atoms with Gasteiger partial charge in [-0.2, -0.15) is 11.8 Å². The summed E-state index contributed by atoms with van der Waals surface area (Å²) in [5, 5.41) is 0. The van der Waals surface area contributed by atoms with E-state index in [1.165, 1.54) is 0 Å². The van der Waals surface area contributed by atoms with Crippen molar-refractivity contribution in [2.45, 2.75) is 26.4 Å². The smallest absolute Gasteiger partial charge is 0.430 e. The Morgan fingerprint density at radius 3 is 2.44 bits per heavy atom. The molecule has 1 heterocycles. The van der Waals surface area contributed by atoms with E-state index in [4.69, 9.17) is 9.47 Å². The summed E-state index contributed by atoms with van der Waals surface area (Å²) in [5.74, 6) is 1.10. The molecule has 1 fully saturated rings. The van der Waals surface area contributed by atoms with Crippen molar-refractivity contribution in [1.29, 1.82) is 0 Å². The third-order valence-electron chi connectivity index (χ3n) is 1.59. The van der Waals surface area contributed by atoms with Gasteiger partial charge in [-0.1, -0.05) is 13.8 Å². The van der Waals surface area contributed by atoms with Gasteiger partial charge in [0.05, 0.1) is 6.61 Å². The molecule has 2 radical (unpaired) electrons. The van der Waals surface area contributed by atoms with Crippen LogP contribution in [0.15, 0.2) is 0 Å². The van der Waals surface area contributed by atoms with E-state index >= 15 is 0 Å². The van der Waals surface area contributed by atoms with E-state index < -0.39 is 6.16 Å². The van der Waals surface area contributed by atoms with Crippen molar-refractivity contribution in [3.8, 4) is 0 Å². The van der Waals surface area contributed by atoms with Gasteiger partial charge in [0.2, 0.25) is 0 Å². The number of ether oxygens (including phenoxy) is 3. The molecule has 0 amide bonds. The molecule has 1 atom stereocenters. The van der Waals surface area contributed by atoms with Crippen LogP contribution < -0.4 is 0 Å². The van der Waals surface area contributed by atoms with Crippen LogP contribution in [0.3, 0.4) is 0 Å². The third-order valence-corrected chi connectivity index (χ3v) is 2.29. The van der Waals surface area contributed by atoms with E-state index in [0.29, 0.717) is 13.2 Å². The molecule has 1 aliphatic rings. The van der Waals surface area contributed by atoms with E-state index in [1.54, 1.807) is 11.8 Å². The molecule has 8 heteroatoms. The number of thioether (sulfide) groups is 1.